The molecule has 2 N–H and O–H groups in total. The van der Waals surface area contributed by atoms with Crippen LogP contribution in [-0.2, 0) is 0 Å². The van der Waals surface area contributed by atoms with Crippen molar-refractivity contribution in [3.05, 3.63) is 48.8 Å². The number of aromatic nitrogens is 2. The fourth-order valence-corrected chi connectivity index (χ4v) is 2.03. The second-order valence-electron chi connectivity index (χ2n) is 4.40. The summed E-state index contributed by atoms with van der Waals surface area (Å²) in [6.45, 7) is 0. The van der Waals surface area contributed by atoms with Gasteiger partial charge >= 0.3 is 6.36 Å². The molecule has 0 spiro atoms. The first-order valence-corrected chi connectivity index (χ1v) is 6.01. The number of hydrogen-bond acceptors (Lipinski definition) is 3. The van der Waals surface area contributed by atoms with Crippen LogP contribution in [0.2, 0.25) is 0 Å². The predicted molar refractivity (Wildman–Crippen MR) is 72.2 cm³/mol. The van der Waals surface area contributed by atoms with Crippen molar-refractivity contribution in [2.24, 2.45) is 0 Å². The van der Waals surface area contributed by atoms with Crippen molar-refractivity contribution in [1.29, 1.82) is 0 Å². The van der Waals surface area contributed by atoms with E-state index in [-0.39, 0.29) is 5.75 Å². The Morgan fingerprint density at radius 3 is 2.43 bits per heavy atom. The molecule has 1 aromatic heterocycles. The Morgan fingerprint density at radius 2 is 1.76 bits per heavy atom. The van der Waals surface area contributed by atoms with E-state index in [0.29, 0.717) is 16.7 Å². The first-order valence-electron chi connectivity index (χ1n) is 6.01. The van der Waals surface area contributed by atoms with E-state index < -0.39 is 6.36 Å². The number of halogens is 3. The highest BCUT2D eigenvalue weighted by molar-refractivity contribution is 5.79. The summed E-state index contributed by atoms with van der Waals surface area (Å²) in [6, 6.07) is 11.1. The molecule has 0 fully saturated rings. The number of fused-ring (bicyclic) bond motifs is 1. The minimum atomic E-state index is -4.72. The van der Waals surface area contributed by atoms with Gasteiger partial charge in [-0.3, -0.25) is 4.57 Å². The molecule has 3 rings (SSSR count). The van der Waals surface area contributed by atoms with E-state index in [1.807, 2.05) is 0 Å². The number of rotatable bonds is 2. The number of nitrogens with two attached hydrogens (primary N) is 1. The molecule has 3 aromatic rings. The van der Waals surface area contributed by atoms with Crippen LogP contribution in [0, 0.1) is 0 Å². The third-order valence-electron chi connectivity index (χ3n) is 2.92. The zero-order chi connectivity index (χ0) is 15.0. The maximum absolute atomic E-state index is 12.2. The summed E-state index contributed by atoms with van der Waals surface area (Å²) >= 11 is 0. The fourth-order valence-electron chi connectivity index (χ4n) is 2.03. The first kappa shape index (κ1) is 13.3. The molecule has 0 atom stereocenters. The molecule has 0 radical (unpaired) electrons. The van der Waals surface area contributed by atoms with Crippen molar-refractivity contribution in [2.45, 2.75) is 6.36 Å². The summed E-state index contributed by atoms with van der Waals surface area (Å²) in [5, 5.41) is 0. The molecule has 2 aromatic carbocycles. The maximum Gasteiger partial charge on any atom is 0.573 e. The van der Waals surface area contributed by atoms with Gasteiger partial charge in [-0.05, 0) is 36.4 Å². The van der Waals surface area contributed by atoms with E-state index in [1.54, 1.807) is 28.8 Å². The number of imidazole rings is 1. The summed E-state index contributed by atoms with van der Waals surface area (Å²) in [7, 11) is 0. The minimum Gasteiger partial charge on any atom is -0.406 e. The summed E-state index contributed by atoms with van der Waals surface area (Å²) in [5.41, 5.74) is 8.15. The van der Waals surface area contributed by atoms with Crippen LogP contribution in [0.3, 0.4) is 0 Å². The summed E-state index contributed by atoms with van der Waals surface area (Å²) < 4.78 is 42.2. The average Bonchev–Trinajstić information content (AvgIpc) is 2.81. The second kappa shape index (κ2) is 4.69. The van der Waals surface area contributed by atoms with Crippen LogP contribution in [0.1, 0.15) is 0 Å². The van der Waals surface area contributed by atoms with Crippen LogP contribution in [0.5, 0.6) is 5.75 Å². The van der Waals surface area contributed by atoms with Crippen molar-refractivity contribution >= 4 is 16.7 Å². The van der Waals surface area contributed by atoms with E-state index >= 15 is 0 Å². The van der Waals surface area contributed by atoms with Crippen molar-refractivity contribution in [3.8, 4) is 11.4 Å². The van der Waals surface area contributed by atoms with Gasteiger partial charge in [-0.1, -0.05) is 0 Å². The van der Waals surface area contributed by atoms with Crippen LogP contribution in [-0.4, -0.2) is 15.9 Å². The van der Waals surface area contributed by atoms with Gasteiger partial charge < -0.3 is 10.5 Å². The monoisotopic (exact) mass is 293 g/mol. The van der Waals surface area contributed by atoms with Crippen LogP contribution in [0.4, 0.5) is 18.9 Å². The number of alkyl halides is 3. The molecule has 0 amide bonds. The highest BCUT2D eigenvalue weighted by Crippen LogP contribution is 2.27. The molecular formula is C14H10F3N3O. The molecular weight excluding hydrogens is 283 g/mol. The quantitative estimate of drug-likeness (QED) is 0.736. The number of benzene rings is 2. The van der Waals surface area contributed by atoms with Crippen LogP contribution >= 0.6 is 0 Å². The predicted octanol–water partition coefficient (Wildman–Crippen LogP) is 3.51. The van der Waals surface area contributed by atoms with Gasteiger partial charge in [0.25, 0.3) is 0 Å². The van der Waals surface area contributed by atoms with Gasteiger partial charge in [0.15, 0.2) is 0 Å². The van der Waals surface area contributed by atoms with Crippen LogP contribution < -0.4 is 10.5 Å². The number of nitrogen functional groups attached to an aromatic ring is 1. The van der Waals surface area contributed by atoms with Crippen LogP contribution in [0.25, 0.3) is 16.7 Å². The zero-order valence-corrected chi connectivity index (χ0v) is 10.6. The van der Waals surface area contributed by atoms with E-state index in [2.05, 4.69) is 9.72 Å². The third-order valence-corrected chi connectivity index (χ3v) is 2.92. The van der Waals surface area contributed by atoms with Gasteiger partial charge in [-0.25, -0.2) is 4.98 Å². The summed E-state index contributed by atoms with van der Waals surface area (Å²) in [6.07, 6.45) is -3.18. The average molecular weight is 293 g/mol. The molecule has 0 bridgehead atoms. The Balaban J connectivity index is 2.01. The topological polar surface area (TPSA) is 53.1 Å². The van der Waals surface area contributed by atoms with E-state index in [0.717, 1.165) is 5.69 Å². The number of anilines is 1. The van der Waals surface area contributed by atoms with E-state index in [1.165, 1.54) is 24.5 Å². The Hall–Kier alpha value is -2.70. The highest BCUT2D eigenvalue weighted by atomic mass is 19.4. The molecule has 0 saturated heterocycles. The Kier molecular flexibility index (Phi) is 2.97. The first-order chi connectivity index (χ1) is 9.92. The molecule has 0 saturated carbocycles. The van der Waals surface area contributed by atoms with Crippen molar-refractivity contribution < 1.29 is 17.9 Å². The summed E-state index contributed by atoms with van der Waals surface area (Å²) in [4.78, 5) is 4.09. The molecule has 108 valence electrons. The largest absolute Gasteiger partial charge is 0.573 e. The SMILES string of the molecule is Nc1ccc(-n2cnc3cc(OC(F)(F)F)ccc32)cc1. The lowest BCUT2D eigenvalue weighted by atomic mass is 10.2. The van der Waals surface area contributed by atoms with Crippen molar-refractivity contribution in [2.75, 3.05) is 5.73 Å². The van der Waals surface area contributed by atoms with Gasteiger partial charge in [-0.15, -0.1) is 13.2 Å². The lowest BCUT2D eigenvalue weighted by molar-refractivity contribution is -0.274. The normalized spacial score (nSPS) is 11.8. The zero-order valence-electron chi connectivity index (χ0n) is 10.6. The number of ether oxygens (including phenoxy) is 1. The molecule has 21 heavy (non-hydrogen) atoms. The number of hydrogen-bond donors (Lipinski definition) is 1. The lowest BCUT2D eigenvalue weighted by Crippen LogP contribution is -2.17. The van der Waals surface area contributed by atoms with Gasteiger partial charge in [0.1, 0.15) is 12.1 Å². The molecule has 0 aliphatic rings. The van der Waals surface area contributed by atoms with Crippen molar-refractivity contribution in [3.63, 3.8) is 0 Å². The Bertz CT molecular complexity index is 778. The molecule has 4 nitrogen and oxygen atoms in total. The lowest BCUT2D eigenvalue weighted by Gasteiger charge is -2.09. The minimum absolute atomic E-state index is 0.294. The standard InChI is InChI=1S/C14H10F3N3O/c15-14(16,17)21-11-5-6-13-12(7-11)19-8-20(13)10-3-1-9(18)2-4-10/h1-8H,18H2. The van der Waals surface area contributed by atoms with E-state index in [9.17, 15) is 13.2 Å². The van der Waals surface area contributed by atoms with Crippen LogP contribution in [0.15, 0.2) is 48.8 Å². The smallest absolute Gasteiger partial charge is 0.406 e. The summed E-state index contributed by atoms with van der Waals surface area (Å²) in [5.74, 6) is -0.294. The van der Waals surface area contributed by atoms with Gasteiger partial charge in [0, 0.05) is 17.4 Å². The fraction of sp³-hybridized carbons (Fsp3) is 0.0714. The van der Waals surface area contributed by atoms with Gasteiger partial charge in [0.2, 0.25) is 0 Å². The second-order valence-corrected chi connectivity index (χ2v) is 4.40. The molecule has 1 heterocycles. The molecule has 0 unspecified atom stereocenters. The number of nitrogens with zero attached hydrogens (tertiary/aromatic N) is 2. The molecule has 0 aliphatic heterocycles. The maximum atomic E-state index is 12.2. The Labute approximate surface area is 117 Å². The third kappa shape index (κ3) is 2.76. The van der Waals surface area contributed by atoms with E-state index in [4.69, 9.17) is 5.73 Å². The van der Waals surface area contributed by atoms with Crippen molar-refractivity contribution in [1.82, 2.24) is 9.55 Å². The van der Waals surface area contributed by atoms with Gasteiger partial charge in [-0.2, -0.15) is 0 Å². The van der Waals surface area contributed by atoms with Gasteiger partial charge in [0.05, 0.1) is 11.0 Å². The molecule has 7 heteroatoms. The highest BCUT2D eigenvalue weighted by Gasteiger charge is 2.31. The Morgan fingerprint density at radius 1 is 1.05 bits per heavy atom. The molecule has 0 aliphatic carbocycles.